The highest BCUT2D eigenvalue weighted by molar-refractivity contribution is 7.13. The molecular formula is C16H22N4S. The Kier molecular flexibility index (Phi) is 4.04. The molecule has 0 amide bonds. The van der Waals surface area contributed by atoms with E-state index in [1.165, 1.54) is 17.7 Å². The third kappa shape index (κ3) is 3.66. The lowest BCUT2D eigenvalue weighted by atomic mass is 9.87. The molecule has 0 bridgehead atoms. The van der Waals surface area contributed by atoms with Crippen LogP contribution in [0, 0.1) is 5.92 Å². The molecule has 1 aliphatic carbocycles. The minimum Gasteiger partial charge on any atom is -0.312 e. The topological polar surface area (TPSA) is 50.7 Å². The van der Waals surface area contributed by atoms with Crippen LogP contribution in [0.4, 0.5) is 0 Å². The summed E-state index contributed by atoms with van der Waals surface area (Å²) in [6.45, 7) is 7.72. The predicted molar refractivity (Wildman–Crippen MR) is 86.4 cm³/mol. The molecule has 0 saturated heterocycles. The monoisotopic (exact) mass is 302 g/mol. The van der Waals surface area contributed by atoms with E-state index >= 15 is 0 Å². The second-order valence-electron chi connectivity index (χ2n) is 6.77. The fourth-order valence-corrected chi connectivity index (χ4v) is 3.21. The molecule has 0 saturated carbocycles. The molecule has 112 valence electrons. The Balaban J connectivity index is 1.70. The lowest BCUT2D eigenvalue weighted by Crippen LogP contribution is -2.40. The van der Waals surface area contributed by atoms with Crippen molar-refractivity contribution in [2.45, 2.75) is 45.6 Å². The predicted octanol–water partition coefficient (Wildman–Crippen LogP) is 3.09. The average molecular weight is 302 g/mol. The number of thiazole rings is 1. The second-order valence-corrected chi connectivity index (χ2v) is 7.66. The summed E-state index contributed by atoms with van der Waals surface area (Å²) >= 11 is 1.59. The molecule has 0 spiro atoms. The molecular weight excluding hydrogens is 280 g/mol. The molecule has 2 heterocycles. The zero-order valence-electron chi connectivity index (χ0n) is 12.9. The highest BCUT2D eigenvalue weighted by atomic mass is 32.1. The molecule has 2 aromatic heterocycles. The molecule has 2 aromatic rings. The number of hydrogen-bond donors (Lipinski definition) is 1. The molecule has 1 N–H and O–H groups in total. The van der Waals surface area contributed by atoms with E-state index in [-0.39, 0.29) is 5.54 Å². The molecule has 21 heavy (non-hydrogen) atoms. The Morgan fingerprint density at radius 3 is 2.90 bits per heavy atom. The fraction of sp³-hybridized carbons (Fsp3) is 0.562. The molecule has 0 aliphatic heterocycles. The van der Waals surface area contributed by atoms with E-state index in [0.29, 0.717) is 5.92 Å². The molecule has 0 aromatic carbocycles. The van der Waals surface area contributed by atoms with E-state index in [4.69, 9.17) is 4.98 Å². The van der Waals surface area contributed by atoms with E-state index in [9.17, 15) is 0 Å². The van der Waals surface area contributed by atoms with E-state index < -0.39 is 0 Å². The van der Waals surface area contributed by atoms with Crippen LogP contribution in [0.1, 0.15) is 38.4 Å². The first kappa shape index (κ1) is 14.6. The largest absolute Gasteiger partial charge is 0.312 e. The van der Waals surface area contributed by atoms with Crippen molar-refractivity contribution in [1.82, 2.24) is 20.3 Å². The number of aryl methyl sites for hydroxylation is 1. The van der Waals surface area contributed by atoms with Crippen LogP contribution in [0.3, 0.4) is 0 Å². The number of aromatic nitrogens is 3. The van der Waals surface area contributed by atoms with Crippen molar-refractivity contribution in [3.63, 3.8) is 0 Å². The van der Waals surface area contributed by atoms with Gasteiger partial charge in [-0.05, 0) is 58.1 Å². The van der Waals surface area contributed by atoms with Crippen molar-refractivity contribution in [2.75, 3.05) is 6.54 Å². The van der Waals surface area contributed by atoms with Crippen molar-refractivity contribution in [3.05, 3.63) is 29.2 Å². The minimum atomic E-state index is 0.187. The van der Waals surface area contributed by atoms with Crippen molar-refractivity contribution < 1.29 is 0 Å². The van der Waals surface area contributed by atoms with E-state index in [1.54, 1.807) is 11.3 Å². The van der Waals surface area contributed by atoms with Gasteiger partial charge in [-0.1, -0.05) is 0 Å². The summed E-state index contributed by atoms with van der Waals surface area (Å²) in [5.74, 6) is 1.51. The number of nitrogens with zero attached hydrogens (tertiary/aromatic N) is 3. The normalized spacial score (nSPS) is 18.5. The van der Waals surface area contributed by atoms with Gasteiger partial charge in [0.2, 0.25) is 0 Å². The van der Waals surface area contributed by atoms with E-state index in [0.717, 1.165) is 30.1 Å². The first-order valence-corrected chi connectivity index (χ1v) is 8.38. The van der Waals surface area contributed by atoms with E-state index in [2.05, 4.69) is 36.1 Å². The Morgan fingerprint density at radius 2 is 2.19 bits per heavy atom. The molecule has 5 heteroatoms. The Hall–Kier alpha value is -1.33. The molecule has 0 radical (unpaired) electrons. The highest BCUT2D eigenvalue weighted by Crippen LogP contribution is 2.27. The molecule has 1 aliphatic rings. The van der Waals surface area contributed by atoms with Crippen molar-refractivity contribution in [3.8, 4) is 10.7 Å². The van der Waals surface area contributed by atoms with Crippen LogP contribution in [0.15, 0.2) is 17.9 Å². The fourth-order valence-electron chi connectivity index (χ4n) is 2.65. The Bertz CT molecular complexity index is 601. The number of nitrogens with one attached hydrogen (secondary N) is 1. The van der Waals surface area contributed by atoms with Gasteiger partial charge in [0.25, 0.3) is 0 Å². The third-order valence-electron chi connectivity index (χ3n) is 3.83. The van der Waals surface area contributed by atoms with Crippen molar-refractivity contribution >= 4 is 11.3 Å². The Labute approximate surface area is 130 Å². The summed E-state index contributed by atoms with van der Waals surface area (Å²) in [7, 11) is 0. The number of fused-ring (bicyclic) bond motifs is 1. The van der Waals surface area contributed by atoms with Crippen molar-refractivity contribution in [2.24, 2.45) is 5.92 Å². The second kappa shape index (κ2) is 5.81. The van der Waals surface area contributed by atoms with Gasteiger partial charge in [-0.2, -0.15) is 0 Å². The summed E-state index contributed by atoms with van der Waals surface area (Å²) < 4.78 is 0. The van der Waals surface area contributed by atoms with Gasteiger partial charge in [0.1, 0.15) is 0 Å². The summed E-state index contributed by atoms with van der Waals surface area (Å²) in [5.41, 5.74) is 4.55. The Morgan fingerprint density at radius 1 is 1.33 bits per heavy atom. The van der Waals surface area contributed by atoms with Gasteiger partial charge in [-0.25, -0.2) is 9.97 Å². The van der Waals surface area contributed by atoms with Gasteiger partial charge >= 0.3 is 0 Å². The molecule has 1 atom stereocenters. The maximum Gasteiger partial charge on any atom is 0.171 e. The zero-order valence-corrected chi connectivity index (χ0v) is 13.7. The van der Waals surface area contributed by atoms with Crippen LogP contribution in [-0.2, 0) is 12.8 Å². The summed E-state index contributed by atoms with van der Waals surface area (Å²) in [4.78, 5) is 14.4. The van der Waals surface area contributed by atoms with Crippen LogP contribution in [0.5, 0.6) is 0 Å². The zero-order chi connectivity index (χ0) is 14.9. The molecule has 0 fully saturated rings. The summed E-state index contributed by atoms with van der Waals surface area (Å²) in [5, 5.41) is 3.61. The quantitative estimate of drug-likeness (QED) is 0.946. The van der Waals surface area contributed by atoms with E-state index in [1.807, 2.05) is 17.9 Å². The van der Waals surface area contributed by atoms with Gasteiger partial charge < -0.3 is 5.32 Å². The molecule has 1 unspecified atom stereocenters. The van der Waals surface area contributed by atoms with Gasteiger partial charge in [0.05, 0.1) is 10.4 Å². The van der Waals surface area contributed by atoms with Crippen LogP contribution in [-0.4, -0.2) is 27.0 Å². The summed E-state index contributed by atoms with van der Waals surface area (Å²) in [6.07, 6.45) is 7.20. The van der Waals surface area contributed by atoms with Gasteiger partial charge in [0.15, 0.2) is 5.82 Å². The number of hydrogen-bond acceptors (Lipinski definition) is 5. The molecule has 4 nitrogen and oxygen atoms in total. The SMILES string of the molecule is CC(C)(C)NCC1CCc2nc(-c3cncs3)ncc2C1. The van der Waals surface area contributed by atoms with Crippen molar-refractivity contribution in [1.29, 1.82) is 0 Å². The van der Waals surface area contributed by atoms with Gasteiger partial charge in [0, 0.05) is 23.6 Å². The third-order valence-corrected chi connectivity index (χ3v) is 4.59. The van der Waals surface area contributed by atoms with Crippen LogP contribution >= 0.6 is 11.3 Å². The first-order valence-electron chi connectivity index (χ1n) is 7.50. The minimum absolute atomic E-state index is 0.187. The highest BCUT2D eigenvalue weighted by Gasteiger charge is 2.22. The lowest BCUT2D eigenvalue weighted by molar-refractivity contribution is 0.347. The van der Waals surface area contributed by atoms with Crippen LogP contribution in [0.25, 0.3) is 10.7 Å². The van der Waals surface area contributed by atoms with Gasteiger partial charge in [-0.3, -0.25) is 4.98 Å². The average Bonchev–Trinajstić information content (AvgIpc) is 2.98. The first-order chi connectivity index (χ1) is 10.0. The summed E-state index contributed by atoms with van der Waals surface area (Å²) in [6, 6.07) is 0. The number of rotatable bonds is 3. The maximum atomic E-state index is 4.74. The maximum absolute atomic E-state index is 4.74. The van der Waals surface area contributed by atoms with Gasteiger partial charge in [-0.15, -0.1) is 11.3 Å². The lowest BCUT2D eigenvalue weighted by Gasteiger charge is -2.28. The van der Waals surface area contributed by atoms with Crippen LogP contribution < -0.4 is 5.32 Å². The smallest absolute Gasteiger partial charge is 0.171 e. The standard InChI is InChI=1S/C16H22N4S/c1-16(2,3)19-7-11-4-5-13-12(6-11)8-18-15(20-13)14-9-17-10-21-14/h8-11,19H,4-7H2,1-3H3. The molecule has 3 rings (SSSR count). The van der Waals surface area contributed by atoms with Crippen LogP contribution in [0.2, 0.25) is 0 Å².